The Morgan fingerprint density at radius 2 is 1.28 bits per heavy atom. The van der Waals surface area contributed by atoms with Crippen molar-refractivity contribution < 1.29 is 0 Å². The number of rotatable bonds is 4. The molecule has 0 spiro atoms. The number of nitrogens with zero attached hydrogens (tertiary/aromatic N) is 2. The second-order valence-electron chi connectivity index (χ2n) is 24.7. The van der Waals surface area contributed by atoms with Crippen LogP contribution in [-0.4, -0.2) is 13.3 Å². The minimum Gasteiger partial charge on any atom is -0.330 e. The standard InChI is InChI=1S/C62H70BN3S/c1-37-29-52-56-53(30-37)66(50-23-19-40(58(3,4)5)31-44(50)39-17-15-14-16-18-39)51-24-20-41(59(6,7)8)32-49(51)63(56)55-45-34-47-43(38(2)25-26-62(47,13)36-64)35-54(45)67-57(55)65(52)42-21-22-46-48(33-42)61(11,12)28-27-60(46,9)10/h14-24,29-35,38H,25-28,36,64H2,1-13H3. The maximum Gasteiger partial charge on any atom is 0.254 e. The van der Waals surface area contributed by atoms with E-state index >= 15 is 0 Å². The summed E-state index contributed by atoms with van der Waals surface area (Å²) in [4.78, 5) is 5.34. The van der Waals surface area contributed by atoms with Gasteiger partial charge in [0.2, 0.25) is 0 Å². The molecule has 67 heavy (non-hydrogen) atoms. The highest BCUT2D eigenvalue weighted by Crippen LogP contribution is 2.54. The van der Waals surface area contributed by atoms with Crippen molar-refractivity contribution in [3.05, 3.63) is 148 Å². The molecule has 0 saturated carbocycles. The Morgan fingerprint density at radius 1 is 0.642 bits per heavy atom. The van der Waals surface area contributed by atoms with E-state index in [-0.39, 0.29) is 33.8 Å². The van der Waals surface area contributed by atoms with Crippen LogP contribution in [0.1, 0.15) is 154 Å². The number of benzene rings is 6. The summed E-state index contributed by atoms with van der Waals surface area (Å²) in [5.41, 5.74) is 29.7. The van der Waals surface area contributed by atoms with Crippen LogP contribution in [0.5, 0.6) is 0 Å². The molecule has 0 bridgehead atoms. The Balaban J connectivity index is 1.28. The SMILES string of the molecule is Cc1cc2c3c(c1)N(c1ccc4c(c1)C(C)(C)CCC4(C)C)c1sc4cc5c(cc4c1B3c1cc(C(C)(C)C)ccc1N2c1ccc(C(C)(C)C)cc1-c1ccccc1)C(C)(CN)CCC5C. The molecule has 0 fully saturated rings. The number of thiophene rings is 1. The summed E-state index contributed by atoms with van der Waals surface area (Å²) < 4.78 is 1.38. The maximum atomic E-state index is 6.78. The number of nitrogens with two attached hydrogens (primary N) is 1. The lowest BCUT2D eigenvalue weighted by Crippen LogP contribution is -2.61. The number of aryl methyl sites for hydroxylation is 1. The van der Waals surface area contributed by atoms with Gasteiger partial charge in [-0.1, -0.05) is 138 Å². The summed E-state index contributed by atoms with van der Waals surface area (Å²) in [5.74, 6) is 0.494. The molecule has 4 aliphatic rings. The first-order valence-corrected chi connectivity index (χ1v) is 26.0. The minimum absolute atomic E-state index is 0.0103. The molecule has 0 saturated heterocycles. The molecular formula is C62H70BN3S. The van der Waals surface area contributed by atoms with Crippen molar-refractivity contribution in [1.82, 2.24) is 0 Å². The van der Waals surface area contributed by atoms with Crippen molar-refractivity contribution in [2.45, 2.75) is 149 Å². The van der Waals surface area contributed by atoms with Crippen LogP contribution in [0.15, 0.2) is 109 Å². The minimum atomic E-state index is -0.0655. The summed E-state index contributed by atoms with van der Waals surface area (Å²) >= 11 is 2.01. The highest BCUT2D eigenvalue weighted by Gasteiger charge is 2.47. The fourth-order valence-corrected chi connectivity index (χ4v) is 13.7. The van der Waals surface area contributed by atoms with Gasteiger partial charge in [-0.3, -0.25) is 0 Å². The van der Waals surface area contributed by atoms with Crippen molar-refractivity contribution in [3.63, 3.8) is 0 Å². The summed E-state index contributed by atoms with van der Waals surface area (Å²) in [6.07, 6.45) is 4.66. The number of hydrogen-bond acceptors (Lipinski definition) is 4. The van der Waals surface area contributed by atoms with Gasteiger partial charge in [-0.2, -0.15) is 0 Å². The molecule has 2 atom stereocenters. The molecular weight excluding hydrogens is 830 g/mol. The lowest BCUT2D eigenvalue weighted by Gasteiger charge is -2.45. The topological polar surface area (TPSA) is 32.5 Å². The van der Waals surface area contributed by atoms with Gasteiger partial charge < -0.3 is 15.5 Å². The number of anilines is 6. The van der Waals surface area contributed by atoms with Crippen LogP contribution in [0, 0.1) is 6.92 Å². The normalized spacial score (nSPS) is 20.3. The van der Waals surface area contributed by atoms with Crippen molar-refractivity contribution in [2.24, 2.45) is 5.73 Å². The largest absolute Gasteiger partial charge is 0.330 e. The number of fused-ring (bicyclic) bond motifs is 8. The zero-order valence-corrected chi connectivity index (χ0v) is 43.3. The summed E-state index contributed by atoms with van der Waals surface area (Å²) in [7, 11) is 0. The first-order chi connectivity index (χ1) is 31.6. The van der Waals surface area contributed by atoms with Gasteiger partial charge >= 0.3 is 0 Å². The molecule has 6 aromatic carbocycles. The molecule has 1 aromatic heterocycles. The molecule has 2 unspecified atom stereocenters. The molecule has 0 radical (unpaired) electrons. The third-order valence-electron chi connectivity index (χ3n) is 16.9. The van der Waals surface area contributed by atoms with Gasteiger partial charge in [0.15, 0.2) is 0 Å². The average molecular weight is 900 g/mol. The van der Waals surface area contributed by atoms with Gasteiger partial charge in [0, 0.05) is 45.0 Å². The highest BCUT2D eigenvalue weighted by molar-refractivity contribution is 7.26. The first-order valence-electron chi connectivity index (χ1n) is 25.1. The van der Waals surface area contributed by atoms with E-state index in [0.717, 1.165) is 6.42 Å². The molecule has 2 aliphatic heterocycles. The lowest BCUT2D eigenvalue weighted by atomic mass is 9.33. The van der Waals surface area contributed by atoms with Crippen molar-refractivity contribution in [2.75, 3.05) is 16.3 Å². The maximum absolute atomic E-state index is 6.78. The van der Waals surface area contributed by atoms with Gasteiger partial charge in [-0.05, 0) is 181 Å². The monoisotopic (exact) mass is 900 g/mol. The molecule has 5 heteroatoms. The molecule has 342 valence electrons. The molecule has 7 aromatic rings. The summed E-state index contributed by atoms with van der Waals surface area (Å²) in [6.45, 7) is 31.7. The van der Waals surface area contributed by atoms with Crippen LogP contribution in [0.3, 0.4) is 0 Å². The van der Waals surface area contributed by atoms with E-state index in [1.165, 1.54) is 129 Å². The Kier molecular flexibility index (Phi) is 9.91. The van der Waals surface area contributed by atoms with E-state index in [4.69, 9.17) is 5.73 Å². The van der Waals surface area contributed by atoms with Crippen molar-refractivity contribution in [3.8, 4) is 11.1 Å². The lowest BCUT2D eigenvalue weighted by molar-refractivity contribution is 0.332. The van der Waals surface area contributed by atoms with E-state index in [2.05, 4.69) is 209 Å². The Labute approximate surface area is 405 Å². The van der Waals surface area contributed by atoms with Crippen LogP contribution >= 0.6 is 11.3 Å². The van der Waals surface area contributed by atoms with Crippen LogP contribution in [-0.2, 0) is 27.1 Å². The smallest absolute Gasteiger partial charge is 0.254 e. The summed E-state index contributed by atoms with van der Waals surface area (Å²) in [5, 5.41) is 2.74. The van der Waals surface area contributed by atoms with Gasteiger partial charge in [0.05, 0.1) is 10.7 Å². The van der Waals surface area contributed by atoms with Gasteiger partial charge in [0.25, 0.3) is 6.71 Å². The second kappa shape index (κ2) is 15.0. The third-order valence-corrected chi connectivity index (χ3v) is 18.1. The molecule has 0 amide bonds. The molecule has 2 N–H and O–H groups in total. The van der Waals surface area contributed by atoms with Crippen LogP contribution in [0.25, 0.3) is 21.2 Å². The predicted octanol–water partition coefficient (Wildman–Crippen LogP) is 15.0. The van der Waals surface area contributed by atoms with Crippen molar-refractivity contribution >= 4 is 78.0 Å². The van der Waals surface area contributed by atoms with Gasteiger partial charge in [-0.25, -0.2) is 0 Å². The van der Waals surface area contributed by atoms with Gasteiger partial charge in [-0.15, -0.1) is 11.3 Å². The highest BCUT2D eigenvalue weighted by atomic mass is 32.1. The predicted molar refractivity (Wildman–Crippen MR) is 293 cm³/mol. The quantitative estimate of drug-likeness (QED) is 0.179. The Bertz CT molecular complexity index is 3160. The fourth-order valence-electron chi connectivity index (χ4n) is 12.4. The molecule has 3 heterocycles. The van der Waals surface area contributed by atoms with E-state index < -0.39 is 0 Å². The second-order valence-corrected chi connectivity index (χ2v) is 25.7. The van der Waals surface area contributed by atoms with Crippen LogP contribution in [0.2, 0.25) is 0 Å². The van der Waals surface area contributed by atoms with E-state index in [1.54, 1.807) is 0 Å². The fraction of sp³-hybridized carbons (Fsp3) is 0.387. The van der Waals surface area contributed by atoms with E-state index in [0.29, 0.717) is 12.5 Å². The van der Waals surface area contributed by atoms with E-state index in [1.807, 2.05) is 11.3 Å². The van der Waals surface area contributed by atoms with E-state index in [9.17, 15) is 0 Å². The molecule has 11 rings (SSSR count). The summed E-state index contributed by atoms with van der Waals surface area (Å²) in [6, 6.07) is 43.5. The average Bonchev–Trinajstić information content (AvgIpc) is 3.66. The number of hydrogen-bond donors (Lipinski definition) is 1. The zero-order valence-electron chi connectivity index (χ0n) is 42.5. The Morgan fingerprint density at radius 3 is 1.96 bits per heavy atom. The van der Waals surface area contributed by atoms with Crippen molar-refractivity contribution in [1.29, 1.82) is 0 Å². The van der Waals surface area contributed by atoms with Gasteiger partial charge in [0.1, 0.15) is 0 Å². The molecule has 3 nitrogen and oxygen atoms in total. The first kappa shape index (κ1) is 44.4. The third kappa shape index (κ3) is 6.83. The van der Waals surface area contributed by atoms with Crippen LogP contribution < -0.4 is 31.9 Å². The van der Waals surface area contributed by atoms with Crippen LogP contribution in [0.4, 0.5) is 33.4 Å². The zero-order chi connectivity index (χ0) is 47.3. The Hall–Kier alpha value is -5.10. The molecule has 2 aliphatic carbocycles.